The number of benzene rings is 2. The highest BCUT2D eigenvalue weighted by Crippen LogP contribution is 2.22. The van der Waals surface area contributed by atoms with E-state index in [9.17, 15) is 33.9 Å². The number of carboxylic acid groups (broad SMARTS) is 2. The Hall–Kier alpha value is -4.86. The van der Waals surface area contributed by atoms with Crippen molar-refractivity contribution in [3.05, 3.63) is 54.1 Å². The first-order valence-electron chi connectivity index (χ1n) is 19.3. The normalized spacial score (nSPS) is 13.2. The van der Waals surface area contributed by atoms with E-state index in [1.165, 1.54) is 39.0 Å². The number of nitrogens with one attached hydrogen (secondary N) is 5. The Bertz CT molecular complexity index is 1500. The van der Waals surface area contributed by atoms with E-state index in [4.69, 9.17) is 16.6 Å². The molecular formula is C40H61N7O8. The molecule has 0 unspecified atom stereocenters. The highest BCUT2D eigenvalue weighted by atomic mass is 16.4. The Labute approximate surface area is 324 Å². The zero-order chi connectivity index (χ0) is 40.6. The van der Waals surface area contributed by atoms with Crippen molar-refractivity contribution in [3.63, 3.8) is 0 Å². The van der Waals surface area contributed by atoms with Crippen molar-refractivity contribution < 1.29 is 39.0 Å². The lowest BCUT2D eigenvalue weighted by atomic mass is 9.99. The van der Waals surface area contributed by atoms with Gasteiger partial charge in [-0.25, -0.2) is 4.79 Å². The Morgan fingerprint density at radius 3 is 1.95 bits per heavy atom. The van der Waals surface area contributed by atoms with E-state index >= 15 is 0 Å². The molecule has 4 atom stereocenters. The summed E-state index contributed by atoms with van der Waals surface area (Å²) in [7, 11) is 0. The van der Waals surface area contributed by atoms with Crippen LogP contribution in [0, 0.1) is 0 Å². The van der Waals surface area contributed by atoms with Crippen LogP contribution in [0.4, 0.5) is 5.69 Å². The maximum Gasteiger partial charge on any atom is 0.326 e. The van der Waals surface area contributed by atoms with Crippen LogP contribution in [-0.2, 0) is 35.2 Å². The average molecular weight is 768 g/mol. The lowest BCUT2D eigenvalue weighted by Gasteiger charge is -2.22. The fraction of sp³-hybridized carbons (Fsp3) is 0.550. The molecule has 0 aliphatic carbocycles. The van der Waals surface area contributed by atoms with Crippen LogP contribution in [0.3, 0.4) is 0 Å². The summed E-state index contributed by atoms with van der Waals surface area (Å²) in [4.78, 5) is 72.7. The summed E-state index contributed by atoms with van der Waals surface area (Å²) in [6, 6.07) is 11.5. The molecular weight excluding hydrogens is 706 g/mol. The highest BCUT2D eigenvalue weighted by molar-refractivity contribution is 5.90. The number of hydrogen-bond donors (Lipinski definition) is 9. The van der Waals surface area contributed by atoms with Crippen molar-refractivity contribution in [2.45, 2.75) is 121 Å². The van der Waals surface area contributed by atoms with Crippen molar-refractivity contribution in [1.82, 2.24) is 21.3 Å². The summed E-state index contributed by atoms with van der Waals surface area (Å²) in [6.45, 7) is 4.56. The topological polar surface area (TPSA) is 255 Å². The zero-order valence-electron chi connectivity index (χ0n) is 32.2. The molecule has 2 aromatic rings. The number of carbonyl (C=O) groups is 6. The first-order chi connectivity index (χ1) is 26.3. The maximum absolute atomic E-state index is 13.5. The van der Waals surface area contributed by atoms with Gasteiger partial charge in [0.15, 0.2) is 0 Å². The van der Waals surface area contributed by atoms with Gasteiger partial charge >= 0.3 is 11.9 Å². The third-order valence-electron chi connectivity index (χ3n) is 9.03. The van der Waals surface area contributed by atoms with Gasteiger partial charge in [-0.3, -0.25) is 24.0 Å². The summed E-state index contributed by atoms with van der Waals surface area (Å²) in [5.74, 6) is -4.23. The van der Waals surface area contributed by atoms with Crippen molar-refractivity contribution in [1.29, 1.82) is 0 Å². The number of amides is 4. The second-order valence-electron chi connectivity index (χ2n) is 13.9. The van der Waals surface area contributed by atoms with Gasteiger partial charge in [-0.15, -0.1) is 0 Å². The minimum atomic E-state index is -1.31. The predicted octanol–water partition coefficient (Wildman–Crippen LogP) is 3.05. The number of anilines is 1. The molecule has 55 heavy (non-hydrogen) atoms. The van der Waals surface area contributed by atoms with Gasteiger partial charge in [-0.05, 0) is 61.1 Å². The molecule has 304 valence electrons. The monoisotopic (exact) mass is 767 g/mol. The summed E-state index contributed by atoms with van der Waals surface area (Å²) >= 11 is 0. The molecule has 2 rings (SSSR count). The number of unbranched alkanes of at least 4 members (excludes halogenated alkanes) is 5. The average Bonchev–Trinajstić information content (AvgIpc) is 3.14. The summed E-state index contributed by atoms with van der Waals surface area (Å²) in [5, 5.41) is 32.2. The van der Waals surface area contributed by atoms with E-state index in [-0.39, 0.29) is 50.6 Å². The Morgan fingerprint density at radius 1 is 0.691 bits per heavy atom. The molecule has 0 heterocycles. The molecule has 2 aromatic carbocycles. The largest absolute Gasteiger partial charge is 0.481 e. The molecule has 0 fully saturated rings. The van der Waals surface area contributed by atoms with Crippen LogP contribution in [0.15, 0.2) is 48.5 Å². The van der Waals surface area contributed by atoms with Gasteiger partial charge in [0.2, 0.25) is 23.6 Å². The molecule has 0 radical (unpaired) electrons. The van der Waals surface area contributed by atoms with E-state index in [0.29, 0.717) is 25.2 Å². The number of carboxylic acids is 2. The second-order valence-corrected chi connectivity index (χ2v) is 13.9. The molecule has 0 aromatic heterocycles. The number of aliphatic carboxylic acids is 2. The second kappa shape index (κ2) is 26.0. The maximum atomic E-state index is 13.5. The van der Waals surface area contributed by atoms with Gasteiger partial charge in [0.25, 0.3) is 0 Å². The number of nitrogens with two attached hydrogens (primary N) is 2. The molecule has 0 bridgehead atoms. The van der Waals surface area contributed by atoms with Crippen molar-refractivity contribution in [2.24, 2.45) is 11.5 Å². The molecule has 0 aliphatic heterocycles. The van der Waals surface area contributed by atoms with Crippen LogP contribution >= 0.6 is 0 Å². The fourth-order valence-electron chi connectivity index (χ4n) is 5.86. The van der Waals surface area contributed by atoms with E-state index in [0.717, 1.165) is 29.5 Å². The third kappa shape index (κ3) is 19.9. The van der Waals surface area contributed by atoms with Crippen LogP contribution in [0.25, 0.3) is 11.1 Å². The van der Waals surface area contributed by atoms with Gasteiger partial charge in [0, 0.05) is 51.0 Å². The summed E-state index contributed by atoms with van der Waals surface area (Å²) < 4.78 is 0. The molecule has 0 aliphatic rings. The van der Waals surface area contributed by atoms with Gasteiger partial charge in [0.05, 0.1) is 6.04 Å². The zero-order valence-corrected chi connectivity index (χ0v) is 32.2. The minimum absolute atomic E-state index is 0.00442. The van der Waals surface area contributed by atoms with Gasteiger partial charge < -0.3 is 48.3 Å². The quantitative estimate of drug-likeness (QED) is 0.0569. The Morgan fingerprint density at radius 2 is 1.33 bits per heavy atom. The van der Waals surface area contributed by atoms with E-state index in [2.05, 4.69) is 33.5 Å². The summed E-state index contributed by atoms with van der Waals surface area (Å²) in [5.41, 5.74) is 15.7. The number of carbonyl (C=O) groups excluding carboxylic acids is 4. The van der Waals surface area contributed by atoms with Gasteiger partial charge in [-0.2, -0.15) is 0 Å². The molecule has 15 heteroatoms. The molecule has 4 amide bonds. The molecule has 0 spiro atoms. The van der Waals surface area contributed by atoms with Crippen molar-refractivity contribution >= 4 is 41.3 Å². The Balaban J connectivity index is 2.02. The molecule has 11 N–H and O–H groups in total. The first kappa shape index (κ1) is 46.3. The standard InChI is InChI=1S/C40H61N7O8/c1-3-4-5-6-7-8-10-31(41)26-43-23-21-33(42)38(52)47-35(39(53)44-24-22-34(40(54)55)46-36(49)11-9-12-37(50)51)25-28-13-15-29(16-14-28)30-17-19-32(20-18-30)45-27(2)48/h13-20,31,33-35,43H,3-12,21-26,41-42H2,1-2H3,(H,44,53)(H,45,48)(H,46,49)(H,47,52)(H,50,51)(H,54,55)/t31-,33-,34+,35+/m0/s1. The molecule has 0 saturated heterocycles. The van der Waals surface area contributed by atoms with Crippen LogP contribution < -0.4 is 38.1 Å². The lowest BCUT2D eigenvalue weighted by molar-refractivity contribution is -0.142. The van der Waals surface area contributed by atoms with Gasteiger partial charge in [-0.1, -0.05) is 81.8 Å². The summed E-state index contributed by atoms with van der Waals surface area (Å²) in [6.07, 6.45) is 8.06. The fourth-order valence-corrected chi connectivity index (χ4v) is 5.86. The first-order valence-corrected chi connectivity index (χ1v) is 19.3. The van der Waals surface area contributed by atoms with Crippen LogP contribution in [0.2, 0.25) is 0 Å². The molecule has 15 nitrogen and oxygen atoms in total. The van der Waals surface area contributed by atoms with Crippen LogP contribution in [0.1, 0.15) is 96.5 Å². The van der Waals surface area contributed by atoms with E-state index in [1.54, 1.807) is 12.1 Å². The van der Waals surface area contributed by atoms with Crippen LogP contribution in [-0.4, -0.2) is 89.6 Å². The smallest absolute Gasteiger partial charge is 0.326 e. The highest BCUT2D eigenvalue weighted by Gasteiger charge is 2.26. The van der Waals surface area contributed by atoms with Crippen molar-refractivity contribution in [3.8, 4) is 11.1 Å². The molecule has 0 saturated carbocycles. The lowest BCUT2D eigenvalue weighted by Crippen LogP contribution is -2.53. The number of rotatable bonds is 28. The SMILES string of the molecule is CCCCCCCC[C@H](N)CNCC[C@H](N)C(=O)N[C@H](Cc1ccc(-c2ccc(NC(C)=O)cc2)cc1)C(=O)NCC[C@@H](NC(=O)CCCC(=O)O)C(=O)O. The predicted molar refractivity (Wildman–Crippen MR) is 212 cm³/mol. The van der Waals surface area contributed by atoms with Crippen molar-refractivity contribution in [2.75, 3.05) is 25.0 Å². The van der Waals surface area contributed by atoms with Gasteiger partial charge in [0.1, 0.15) is 12.1 Å². The van der Waals surface area contributed by atoms with E-state index < -0.39 is 47.8 Å². The Kier molecular flexibility index (Phi) is 21.9. The van der Waals surface area contributed by atoms with E-state index in [1.807, 2.05) is 36.4 Å². The van der Waals surface area contributed by atoms with Crippen LogP contribution in [0.5, 0.6) is 0 Å². The third-order valence-corrected chi connectivity index (χ3v) is 9.03. The minimum Gasteiger partial charge on any atom is -0.481 e. The number of hydrogen-bond acceptors (Lipinski definition) is 9.